The van der Waals surface area contributed by atoms with Gasteiger partial charge in [-0.15, -0.1) is 11.3 Å². The summed E-state index contributed by atoms with van der Waals surface area (Å²) in [5, 5.41) is 3.70. The second-order valence-electron chi connectivity index (χ2n) is 7.48. The molecule has 27 heavy (non-hydrogen) atoms. The van der Waals surface area contributed by atoms with E-state index in [1.807, 2.05) is 0 Å². The average Bonchev–Trinajstić information content (AvgIpc) is 3.30. The van der Waals surface area contributed by atoms with E-state index < -0.39 is 0 Å². The molecule has 2 amide bonds. The van der Waals surface area contributed by atoms with Crippen LogP contribution in [-0.2, 0) is 17.6 Å². The number of fused-ring (bicyclic) bond motifs is 1. The molecule has 1 aliphatic carbocycles. The smallest absolute Gasteiger partial charge is 0.289 e. The first-order valence-electron chi connectivity index (χ1n) is 9.53. The Balaban J connectivity index is 1.26. The molecule has 4 rings (SSSR count). The zero-order valence-corrected chi connectivity index (χ0v) is 16.3. The van der Waals surface area contributed by atoms with Gasteiger partial charge in [-0.2, -0.15) is 0 Å². The lowest BCUT2D eigenvalue weighted by molar-refractivity contribution is -0.895. The van der Waals surface area contributed by atoms with Gasteiger partial charge in [0, 0.05) is 4.88 Å². The van der Waals surface area contributed by atoms with E-state index in [1.54, 1.807) is 28.4 Å². The standard InChI is InChI=1S/C19H24N4O3S/c1-13-4-5-14-16(11-13)27-19(20-14)21-17(24)12-22-6-8-23(9-7-22)18(25)15-3-2-10-26-15/h2-3,10,13H,4-9,11-12H2,1H3,(H,20,21,24)/p+1. The van der Waals surface area contributed by atoms with Gasteiger partial charge in [-0.3, -0.25) is 14.9 Å². The number of hydrogen-bond donors (Lipinski definition) is 2. The van der Waals surface area contributed by atoms with Crippen molar-refractivity contribution < 1.29 is 18.9 Å². The summed E-state index contributed by atoms with van der Waals surface area (Å²) in [6, 6.07) is 3.40. The van der Waals surface area contributed by atoms with E-state index in [-0.39, 0.29) is 11.8 Å². The Morgan fingerprint density at radius 3 is 2.96 bits per heavy atom. The van der Waals surface area contributed by atoms with E-state index in [9.17, 15) is 9.59 Å². The van der Waals surface area contributed by atoms with Crippen molar-refractivity contribution in [2.45, 2.75) is 26.2 Å². The number of aromatic nitrogens is 1. The number of hydrogen-bond acceptors (Lipinski definition) is 5. The van der Waals surface area contributed by atoms with Crippen molar-refractivity contribution in [3.05, 3.63) is 34.7 Å². The quantitative estimate of drug-likeness (QED) is 0.812. The molecule has 2 aliphatic rings. The fraction of sp³-hybridized carbons (Fsp3) is 0.526. The van der Waals surface area contributed by atoms with E-state index in [0.717, 1.165) is 36.8 Å². The van der Waals surface area contributed by atoms with Crippen LogP contribution in [0.2, 0.25) is 0 Å². The second kappa shape index (κ2) is 7.82. The molecular weight excluding hydrogens is 364 g/mol. The minimum Gasteiger partial charge on any atom is -0.459 e. The molecule has 0 radical (unpaired) electrons. The van der Waals surface area contributed by atoms with Gasteiger partial charge < -0.3 is 14.2 Å². The molecule has 3 heterocycles. The summed E-state index contributed by atoms with van der Waals surface area (Å²) < 4.78 is 5.18. The van der Waals surface area contributed by atoms with Crippen LogP contribution in [0.1, 0.15) is 34.5 Å². The first kappa shape index (κ1) is 18.2. The van der Waals surface area contributed by atoms with Gasteiger partial charge in [0.1, 0.15) is 0 Å². The number of furan rings is 1. The molecule has 1 saturated heterocycles. The zero-order chi connectivity index (χ0) is 18.8. The normalized spacial score (nSPS) is 20.3. The number of thiazole rings is 1. The van der Waals surface area contributed by atoms with Crippen LogP contribution in [0.5, 0.6) is 0 Å². The highest BCUT2D eigenvalue weighted by Gasteiger charge is 2.27. The van der Waals surface area contributed by atoms with Gasteiger partial charge in [-0.1, -0.05) is 6.92 Å². The third kappa shape index (κ3) is 4.22. The molecule has 1 aliphatic heterocycles. The highest BCUT2D eigenvalue weighted by atomic mass is 32.1. The highest BCUT2D eigenvalue weighted by Crippen LogP contribution is 2.31. The molecule has 0 aromatic carbocycles. The SMILES string of the molecule is CC1CCc2nc(NC(=O)C[NH+]3CCN(C(=O)c4ccco4)CC3)sc2C1. The molecule has 7 nitrogen and oxygen atoms in total. The molecule has 1 atom stereocenters. The largest absolute Gasteiger partial charge is 0.459 e. The predicted octanol–water partition coefficient (Wildman–Crippen LogP) is 0.840. The summed E-state index contributed by atoms with van der Waals surface area (Å²) in [5.41, 5.74) is 1.16. The maximum absolute atomic E-state index is 12.4. The summed E-state index contributed by atoms with van der Waals surface area (Å²) in [6.45, 7) is 5.44. The van der Waals surface area contributed by atoms with Gasteiger partial charge in [0.25, 0.3) is 11.8 Å². The van der Waals surface area contributed by atoms with Gasteiger partial charge >= 0.3 is 0 Å². The predicted molar refractivity (Wildman–Crippen MR) is 102 cm³/mol. The van der Waals surface area contributed by atoms with Gasteiger partial charge in [-0.05, 0) is 37.3 Å². The summed E-state index contributed by atoms with van der Waals surface area (Å²) in [7, 11) is 0. The van der Waals surface area contributed by atoms with Crippen molar-refractivity contribution in [2.24, 2.45) is 5.92 Å². The number of nitrogens with zero attached hydrogens (tertiary/aromatic N) is 2. The summed E-state index contributed by atoms with van der Waals surface area (Å²) >= 11 is 1.62. The monoisotopic (exact) mass is 389 g/mol. The lowest BCUT2D eigenvalue weighted by Crippen LogP contribution is -3.15. The molecule has 144 valence electrons. The Kier molecular flexibility index (Phi) is 5.27. The number of amides is 2. The Bertz CT molecular complexity index is 809. The number of aryl methyl sites for hydroxylation is 1. The number of anilines is 1. The van der Waals surface area contributed by atoms with Crippen molar-refractivity contribution in [3.8, 4) is 0 Å². The molecule has 2 N–H and O–H groups in total. The number of carbonyl (C=O) groups excluding carboxylic acids is 2. The molecule has 0 saturated carbocycles. The molecule has 0 spiro atoms. The first-order chi connectivity index (χ1) is 13.1. The number of quaternary nitrogens is 1. The molecule has 1 fully saturated rings. The van der Waals surface area contributed by atoms with Crippen LogP contribution in [-0.4, -0.2) is 54.4 Å². The van der Waals surface area contributed by atoms with Crippen LogP contribution >= 0.6 is 11.3 Å². The van der Waals surface area contributed by atoms with Crippen LogP contribution in [0, 0.1) is 5.92 Å². The third-order valence-electron chi connectivity index (χ3n) is 5.33. The minimum absolute atomic E-state index is 0.00467. The van der Waals surface area contributed by atoms with Crippen molar-refractivity contribution in [2.75, 3.05) is 38.0 Å². The molecule has 1 unspecified atom stereocenters. The van der Waals surface area contributed by atoms with Crippen molar-refractivity contribution in [1.82, 2.24) is 9.88 Å². The van der Waals surface area contributed by atoms with Gasteiger partial charge in [-0.25, -0.2) is 4.98 Å². The van der Waals surface area contributed by atoms with Gasteiger partial charge in [0.15, 0.2) is 17.4 Å². The van der Waals surface area contributed by atoms with Crippen LogP contribution in [0.3, 0.4) is 0 Å². The Morgan fingerprint density at radius 2 is 2.22 bits per heavy atom. The van der Waals surface area contributed by atoms with Crippen molar-refractivity contribution in [3.63, 3.8) is 0 Å². The number of nitrogens with one attached hydrogen (secondary N) is 2. The van der Waals surface area contributed by atoms with Crippen LogP contribution < -0.4 is 10.2 Å². The first-order valence-corrected chi connectivity index (χ1v) is 10.3. The van der Waals surface area contributed by atoms with Crippen LogP contribution in [0.15, 0.2) is 22.8 Å². The molecule has 0 bridgehead atoms. The maximum Gasteiger partial charge on any atom is 0.289 e. The number of piperazine rings is 1. The Hall–Kier alpha value is -2.19. The summed E-state index contributed by atoms with van der Waals surface area (Å²) in [6.07, 6.45) is 4.77. The van der Waals surface area contributed by atoms with Crippen molar-refractivity contribution >= 4 is 28.3 Å². The molecule has 8 heteroatoms. The minimum atomic E-state index is -0.0777. The fourth-order valence-electron chi connectivity index (χ4n) is 3.74. The third-order valence-corrected chi connectivity index (χ3v) is 6.37. The van der Waals surface area contributed by atoms with E-state index >= 15 is 0 Å². The number of rotatable bonds is 4. The molecule has 2 aromatic heterocycles. The van der Waals surface area contributed by atoms with Crippen LogP contribution in [0.4, 0.5) is 5.13 Å². The summed E-state index contributed by atoms with van der Waals surface area (Å²) in [4.78, 5) is 33.6. The van der Waals surface area contributed by atoms with E-state index in [1.165, 1.54) is 22.5 Å². The lowest BCUT2D eigenvalue weighted by Gasteiger charge is -2.31. The number of carbonyl (C=O) groups is 2. The maximum atomic E-state index is 12.4. The fourth-order valence-corrected chi connectivity index (χ4v) is 4.93. The van der Waals surface area contributed by atoms with Gasteiger partial charge in [0.05, 0.1) is 38.1 Å². The van der Waals surface area contributed by atoms with E-state index in [4.69, 9.17) is 4.42 Å². The summed E-state index contributed by atoms with van der Waals surface area (Å²) in [5.74, 6) is 0.991. The van der Waals surface area contributed by atoms with Crippen LogP contribution in [0.25, 0.3) is 0 Å². The van der Waals surface area contributed by atoms with Crippen molar-refractivity contribution in [1.29, 1.82) is 0 Å². The molecular formula is C19H25N4O3S+. The topological polar surface area (TPSA) is 79.9 Å². The Morgan fingerprint density at radius 1 is 1.41 bits per heavy atom. The highest BCUT2D eigenvalue weighted by molar-refractivity contribution is 7.15. The van der Waals surface area contributed by atoms with E-state index in [0.29, 0.717) is 31.3 Å². The second-order valence-corrected chi connectivity index (χ2v) is 8.56. The van der Waals surface area contributed by atoms with E-state index in [2.05, 4.69) is 17.2 Å². The van der Waals surface area contributed by atoms with Gasteiger partial charge in [0.2, 0.25) is 0 Å². The molecule has 2 aromatic rings. The average molecular weight is 390 g/mol. The lowest BCUT2D eigenvalue weighted by atomic mass is 9.93. The Labute approximate surface area is 162 Å². The zero-order valence-electron chi connectivity index (χ0n) is 15.5.